The molecule has 0 radical (unpaired) electrons. The van der Waals surface area contributed by atoms with Gasteiger partial charge in [-0.3, -0.25) is 0 Å². The maximum Gasteiger partial charge on any atom is 0.137 e. The van der Waals surface area contributed by atoms with E-state index in [0.29, 0.717) is 16.5 Å². The number of rotatable bonds is 3. The van der Waals surface area contributed by atoms with E-state index in [1.165, 1.54) is 6.07 Å². The van der Waals surface area contributed by atoms with Gasteiger partial charge in [-0.1, -0.05) is 6.07 Å². The van der Waals surface area contributed by atoms with Crippen LogP contribution in [0.15, 0.2) is 22.7 Å². The number of benzene rings is 1. The first kappa shape index (κ1) is 13.8. The monoisotopic (exact) mass is 283 g/mol. The van der Waals surface area contributed by atoms with Crippen molar-refractivity contribution in [2.75, 3.05) is 6.61 Å². The zero-order valence-electron chi connectivity index (χ0n) is 7.41. The molecule has 0 unspecified atom stereocenters. The number of aliphatic hydroxyl groups excluding tert-OH is 1. The first-order valence-electron chi connectivity index (χ1n) is 3.96. The summed E-state index contributed by atoms with van der Waals surface area (Å²) >= 11 is 3.05. The van der Waals surface area contributed by atoms with Gasteiger partial charge in [0.15, 0.2) is 0 Å². The molecule has 0 saturated carbocycles. The van der Waals surface area contributed by atoms with Crippen LogP contribution < -0.4 is 5.73 Å². The lowest BCUT2D eigenvalue weighted by Crippen LogP contribution is -2.12. The highest BCUT2D eigenvalue weighted by molar-refractivity contribution is 9.10. The quantitative estimate of drug-likeness (QED) is 0.895. The van der Waals surface area contributed by atoms with Gasteiger partial charge in [-0.25, -0.2) is 4.39 Å². The van der Waals surface area contributed by atoms with Crippen molar-refractivity contribution in [1.82, 2.24) is 0 Å². The molecule has 5 heteroatoms. The molecule has 2 nitrogen and oxygen atoms in total. The molecule has 0 spiro atoms. The zero-order chi connectivity index (χ0) is 9.84. The highest BCUT2D eigenvalue weighted by atomic mass is 79.9. The zero-order valence-corrected chi connectivity index (χ0v) is 9.81. The molecule has 0 amide bonds. The van der Waals surface area contributed by atoms with Gasteiger partial charge in [-0.15, -0.1) is 12.4 Å². The van der Waals surface area contributed by atoms with Gasteiger partial charge < -0.3 is 10.8 Å². The Kier molecular flexibility index (Phi) is 6.27. The van der Waals surface area contributed by atoms with E-state index in [1.54, 1.807) is 12.1 Å². The van der Waals surface area contributed by atoms with Crippen LogP contribution in [0.25, 0.3) is 0 Å². The SMILES string of the molecule is Cl.N[C@@H](CCO)c1ccc(Br)c(F)c1. The Hall–Kier alpha value is -0.160. The van der Waals surface area contributed by atoms with Crippen LogP contribution in [0.1, 0.15) is 18.0 Å². The van der Waals surface area contributed by atoms with Gasteiger partial charge in [-0.05, 0) is 40.0 Å². The number of aliphatic hydroxyl groups is 1. The molecule has 0 aliphatic rings. The number of hydrogen-bond acceptors (Lipinski definition) is 2. The van der Waals surface area contributed by atoms with E-state index in [-0.39, 0.29) is 30.9 Å². The predicted octanol–water partition coefficient (Wildman–Crippen LogP) is 2.39. The van der Waals surface area contributed by atoms with Crippen molar-refractivity contribution < 1.29 is 9.50 Å². The minimum Gasteiger partial charge on any atom is -0.396 e. The molecule has 0 aliphatic heterocycles. The molecule has 1 aromatic rings. The second kappa shape index (κ2) is 6.35. The highest BCUT2D eigenvalue weighted by Crippen LogP contribution is 2.20. The van der Waals surface area contributed by atoms with E-state index in [1.807, 2.05) is 0 Å². The van der Waals surface area contributed by atoms with Crippen LogP contribution in [0.2, 0.25) is 0 Å². The molecule has 3 N–H and O–H groups in total. The summed E-state index contributed by atoms with van der Waals surface area (Å²) in [6.45, 7) is 0.0127. The fourth-order valence-corrected chi connectivity index (χ4v) is 1.30. The van der Waals surface area contributed by atoms with E-state index in [4.69, 9.17) is 10.8 Å². The van der Waals surface area contributed by atoms with Crippen molar-refractivity contribution in [3.8, 4) is 0 Å². The first-order chi connectivity index (χ1) is 6.15. The topological polar surface area (TPSA) is 46.2 Å². The second-order valence-electron chi connectivity index (χ2n) is 2.79. The molecule has 1 atom stereocenters. The van der Waals surface area contributed by atoms with E-state index >= 15 is 0 Å². The predicted molar refractivity (Wildman–Crippen MR) is 60.0 cm³/mol. The molecule has 0 fully saturated rings. The summed E-state index contributed by atoms with van der Waals surface area (Å²) in [4.78, 5) is 0. The summed E-state index contributed by atoms with van der Waals surface area (Å²) in [6, 6.07) is 4.44. The third-order valence-corrected chi connectivity index (χ3v) is 2.46. The first-order valence-corrected chi connectivity index (χ1v) is 4.76. The third kappa shape index (κ3) is 3.53. The largest absolute Gasteiger partial charge is 0.396 e. The summed E-state index contributed by atoms with van der Waals surface area (Å²) < 4.78 is 13.4. The van der Waals surface area contributed by atoms with Gasteiger partial charge in [0.2, 0.25) is 0 Å². The number of hydrogen-bond donors (Lipinski definition) is 2. The molecule has 0 bridgehead atoms. The Morgan fingerprint density at radius 1 is 1.50 bits per heavy atom. The third-order valence-electron chi connectivity index (χ3n) is 1.81. The van der Waals surface area contributed by atoms with E-state index in [0.717, 1.165) is 0 Å². The van der Waals surface area contributed by atoms with Crippen LogP contribution in [0.5, 0.6) is 0 Å². The molecular weight excluding hydrogens is 272 g/mol. The Balaban J connectivity index is 0.00000169. The Labute approximate surface area is 96.8 Å². The van der Waals surface area contributed by atoms with Crippen molar-refractivity contribution in [3.05, 3.63) is 34.1 Å². The maximum absolute atomic E-state index is 13.0. The molecule has 14 heavy (non-hydrogen) atoms. The molecular formula is C9H12BrClFNO. The minimum absolute atomic E-state index is 0. The van der Waals surface area contributed by atoms with Crippen LogP contribution in [-0.4, -0.2) is 11.7 Å². The lowest BCUT2D eigenvalue weighted by molar-refractivity contribution is 0.276. The van der Waals surface area contributed by atoms with Crippen LogP contribution in [0.3, 0.4) is 0 Å². The number of halogens is 3. The lowest BCUT2D eigenvalue weighted by atomic mass is 10.1. The summed E-state index contributed by atoms with van der Waals surface area (Å²) in [7, 11) is 0. The van der Waals surface area contributed by atoms with Crippen molar-refractivity contribution in [2.24, 2.45) is 5.73 Å². The molecule has 0 aromatic heterocycles. The smallest absolute Gasteiger partial charge is 0.137 e. The summed E-state index contributed by atoms with van der Waals surface area (Å²) in [5.74, 6) is -0.328. The average Bonchev–Trinajstić information content (AvgIpc) is 2.10. The van der Waals surface area contributed by atoms with Gasteiger partial charge in [-0.2, -0.15) is 0 Å². The van der Waals surface area contributed by atoms with Gasteiger partial charge in [0.05, 0.1) is 4.47 Å². The summed E-state index contributed by atoms with van der Waals surface area (Å²) in [5, 5.41) is 8.64. The van der Waals surface area contributed by atoms with Crippen LogP contribution in [0, 0.1) is 5.82 Å². The van der Waals surface area contributed by atoms with Gasteiger partial charge in [0.1, 0.15) is 5.82 Å². The Bertz CT molecular complexity index is 298. The number of nitrogens with two attached hydrogens (primary N) is 1. The fourth-order valence-electron chi connectivity index (χ4n) is 1.05. The van der Waals surface area contributed by atoms with Crippen molar-refractivity contribution in [1.29, 1.82) is 0 Å². The lowest BCUT2D eigenvalue weighted by Gasteiger charge is -2.10. The van der Waals surface area contributed by atoms with E-state index < -0.39 is 0 Å². The van der Waals surface area contributed by atoms with Gasteiger partial charge in [0.25, 0.3) is 0 Å². The maximum atomic E-state index is 13.0. The van der Waals surface area contributed by atoms with Crippen LogP contribution >= 0.6 is 28.3 Å². The van der Waals surface area contributed by atoms with Gasteiger partial charge >= 0.3 is 0 Å². The summed E-state index contributed by atoms with van der Waals surface area (Å²) in [6.07, 6.45) is 0.446. The van der Waals surface area contributed by atoms with Crippen LogP contribution in [-0.2, 0) is 0 Å². The Morgan fingerprint density at radius 2 is 2.14 bits per heavy atom. The molecule has 0 aliphatic carbocycles. The molecule has 80 valence electrons. The molecule has 1 rings (SSSR count). The van der Waals surface area contributed by atoms with E-state index in [9.17, 15) is 4.39 Å². The molecule has 1 aromatic carbocycles. The van der Waals surface area contributed by atoms with E-state index in [2.05, 4.69) is 15.9 Å². The van der Waals surface area contributed by atoms with Crippen molar-refractivity contribution >= 4 is 28.3 Å². The summed E-state index contributed by atoms with van der Waals surface area (Å²) in [5.41, 5.74) is 6.39. The normalized spacial score (nSPS) is 12.0. The van der Waals surface area contributed by atoms with Crippen molar-refractivity contribution in [3.63, 3.8) is 0 Å². The molecule has 0 heterocycles. The fraction of sp³-hybridized carbons (Fsp3) is 0.333. The standard InChI is InChI=1S/C9H11BrFNO.ClH/c10-7-2-1-6(5-8(7)11)9(12)3-4-13;/h1-2,5,9,13H,3-4,12H2;1H/t9-;/m0./s1. The average molecular weight is 285 g/mol. The molecule has 0 saturated heterocycles. The minimum atomic E-state index is -0.328. The van der Waals surface area contributed by atoms with Gasteiger partial charge in [0, 0.05) is 12.6 Å². The van der Waals surface area contributed by atoms with Crippen molar-refractivity contribution in [2.45, 2.75) is 12.5 Å². The van der Waals surface area contributed by atoms with Crippen LogP contribution in [0.4, 0.5) is 4.39 Å². The highest BCUT2D eigenvalue weighted by Gasteiger charge is 2.07. The second-order valence-corrected chi connectivity index (χ2v) is 3.65. The Morgan fingerprint density at radius 3 is 2.64 bits per heavy atom.